The normalized spacial score (nSPS) is 10.5. The molecular formula is C18H13NO7. The minimum absolute atomic E-state index is 0.124. The molecule has 0 bridgehead atoms. The van der Waals surface area contributed by atoms with Crippen LogP contribution in [0.15, 0.2) is 57.7 Å². The number of nitro groups is 1. The predicted octanol–water partition coefficient (Wildman–Crippen LogP) is 3.73. The Labute approximate surface area is 146 Å². The first kappa shape index (κ1) is 17.2. The van der Waals surface area contributed by atoms with Crippen molar-refractivity contribution in [3.8, 4) is 5.75 Å². The number of fused-ring (bicyclic) bond motifs is 1. The summed E-state index contributed by atoms with van der Waals surface area (Å²) in [4.78, 5) is 33.6. The Morgan fingerprint density at radius 1 is 1.19 bits per heavy atom. The highest BCUT2D eigenvalue weighted by Gasteiger charge is 2.15. The molecule has 0 aliphatic rings. The lowest BCUT2D eigenvalue weighted by Gasteiger charge is -2.07. The van der Waals surface area contributed by atoms with Gasteiger partial charge < -0.3 is 13.9 Å². The average molecular weight is 355 g/mol. The van der Waals surface area contributed by atoms with E-state index in [1.807, 2.05) is 0 Å². The van der Waals surface area contributed by atoms with Crippen LogP contribution in [0.1, 0.15) is 11.1 Å². The topological polar surface area (TPSA) is 109 Å². The molecule has 0 saturated heterocycles. The fourth-order valence-corrected chi connectivity index (χ4v) is 2.44. The smallest absolute Gasteiger partial charge is 0.429 e. The summed E-state index contributed by atoms with van der Waals surface area (Å²) in [6, 6.07) is 11.9. The Bertz CT molecular complexity index is 1050. The number of benzene rings is 2. The van der Waals surface area contributed by atoms with E-state index < -0.39 is 16.7 Å². The van der Waals surface area contributed by atoms with E-state index in [4.69, 9.17) is 13.9 Å². The van der Waals surface area contributed by atoms with Gasteiger partial charge in [0.05, 0.1) is 10.5 Å². The van der Waals surface area contributed by atoms with Crippen molar-refractivity contribution >= 4 is 22.8 Å². The minimum atomic E-state index is -1.03. The van der Waals surface area contributed by atoms with Crippen molar-refractivity contribution in [1.29, 1.82) is 0 Å². The van der Waals surface area contributed by atoms with Crippen LogP contribution in [0.5, 0.6) is 5.75 Å². The van der Waals surface area contributed by atoms with Crippen LogP contribution in [0.2, 0.25) is 0 Å². The van der Waals surface area contributed by atoms with E-state index in [9.17, 15) is 19.7 Å². The van der Waals surface area contributed by atoms with Crippen LogP contribution in [0.3, 0.4) is 0 Å². The zero-order valence-corrected chi connectivity index (χ0v) is 13.6. The highest BCUT2D eigenvalue weighted by Crippen LogP contribution is 2.23. The van der Waals surface area contributed by atoms with E-state index in [-0.39, 0.29) is 29.2 Å². The standard InChI is InChI=1S/C18H13NO7/c1-11-8-17(20)26-16-9-13(6-7-14(11)16)25-18(21)24-10-12-4-2-3-5-15(12)19(22)23/h2-9H,10H2,1H3. The number of nitro benzene ring substituents is 1. The molecule has 2 aromatic carbocycles. The van der Waals surface area contributed by atoms with E-state index in [2.05, 4.69) is 0 Å². The van der Waals surface area contributed by atoms with Crippen molar-refractivity contribution in [3.63, 3.8) is 0 Å². The van der Waals surface area contributed by atoms with Gasteiger partial charge in [-0.2, -0.15) is 0 Å². The molecule has 0 atom stereocenters. The number of hydrogen-bond acceptors (Lipinski definition) is 7. The third-order valence-corrected chi connectivity index (χ3v) is 3.66. The van der Waals surface area contributed by atoms with Gasteiger partial charge in [0.2, 0.25) is 0 Å². The Kier molecular flexibility index (Phi) is 4.66. The monoisotopic (exact) mass is 355 g/mol. The molecule has 1 heterocycles. The van der Waals surface area contributed by atoms with Crippen molar-refractivity contribution in [2.45, 2.75) is 13.5 Å². The van der Waals surface area contributed by atoms with Gasteiger partial charge in [-0.15, -0.1) is 0 Å². The summed E-state index contributed by atoms with van der Waals surface area (Å²) in [7, 11) is 0. The second kappa shape index (κ2) is 7.06. The molecule has 0 aliphatic heterocycles. The molecule has 132 valence electrons. The molecule has 26 heavy (non-hydrogen) atoms. The van der Waals surface area contributed by atoms with Gasteiger partial charge >= 0.3 is 11.8 Å². The van der Waals surface area contributed by atoms with E-state index in [0.717, 1.165) is 5.56 Å². The maximum Gasteiger partial charge on any atom is 0.514 e. The van der Waals surface area contributed by atoms with E-state index in [1.165, 1.54) is 36.4 Å². The van der Waals surface area contributed by atoms with Gasteiger partial charge in [0.1, 0.15) is 17.9 Å². The molecule has 3 aromatic rings. The van der Waals surface area contributed by atoms with Crippen molar-refractivity contribution in [3.05, 3.63) is 80.2 Å². The number of rotatable bonds is 4. The summed E-state index contributed by atoms with van der Waals surface area (Å²) in [6.07, 6.45) is -1.03. The first-order valence-electron chi connectivity index (χ1n) is 7.55. The third-order valence-electron chi connectivity index (χ3n) is 3.66. The largest absolute Gasteiger partial charge is 0.514 e. The summed E-state index contributed by atoms with van der Waals surface area (Å²) < 4.78 is 15.0. The fraction of sp³-hybridized carbons (Fsp3) is 0.111. The zero-order chi connectivity index (χ0) is 18.7. The average Bonchev–Trinajstić information content (AvgIpc) is 2.59. The van der Waals surface area contributed by atoms with Gasteiger partial charge in [0.15, 0.2) is 0 Å². The first-order valence-corrected chi connectivity index (χ1v) is 7.55. The minimum Gasteiger partial charge on any atom is -0.429 e. The summed E-state index contributed by atoms with van der Waals surface area (Å²) in [6.45, 7) is 1.46. The molecule has 0 aliphatic carbocycles. The molecule has 0 unspecified atom stereocenters. The molecule has 0 radical (unpaired) electrons. The summed E-state index contributed by atoms with van der Waals surface area (Å²) in [5.41, 5.74) is 0.602. The van der Waals surface area contributed by atoms with Crippen LogP contribution >= 0.6 is 0 Å². The number of para-hydroxylation sites is 1. The molecule has 0 spiro atoms. The number of nitrogens with zero attached hydrogens (tertiary/aromatic N) is 1. The van der Waals surface area contributed by atoms with Gasteiger partial charge in [0.25, 0.3) is 5.69 Å². The number of aryl methyl sites for hydroxylation is 1. The molecule has 0 N–H and O–H groups in total. The van der Waals surface area contributed by atoms with Crippen LogP contribution in [-0.2, 0) is 11.3 Å². The van der Waals surface area contributed by atoms with Crippen LogP contribution < -0.4 is 10.4 Å². The molecule has 8 nitrogen and oxygen atoms in total. The number of carbonyl (C=O) groups excluding carboxylic acids is 1. The number of ether oxygens (including phenoxy) is 2. The molecule has 8 heteroatoms. The van der Waals surface area contributed by atoms with Gasteiger partial charge in [-0.05, 0) is 30.7 Å². The maximum absolute atomic E-state index is 11.8. The molecule has 0 saturated carbocycles. The van der Waals surface area contributed by atoms with E-state index >= 15 is 0 Å². The molecule has 3 rings (SSSR count). The van der Waals surface area contributed by atoms with Crippen molar-refractivity contribution in [1.82, 2.24) is 0 Å². The Hall–Kier alpha value is -3.68. The number of hydrogen-bond donors (Lipinski definition) is 0. The highest BCUT2D eigenvalue weighted by molar-refractivity contribution is 5.81. The highest BCUT2D eigenvalue weighted by atomic mass is 16.7. The van der Waals surface area contributed by atoms with Crippen molar-refractivity contribution in [2.75, 3.05) is 0 Å². The van der Waals surface area contributed by atoms with Crippen LogP contribution in [-0.4, -0.2) is 11.1 Å². The molecule has 0 fully saturated rings. The second-order valence-electron chi connectivity index (χ2n) is 5.43. The van der Waals surface area contributed by atoms with Crippen molar-refractivity contribution < 1.29 is 23.6 Å². The fourth-order valence-electron chi connectivity index (χ4n) is 2.44. The van der Waals surface area contributed by atoms with Crippen molar-refractivity contribution in [2.24, 2.45) is 0 Å². The van der Waals surface area contributed by atoms with Crippen LogP contribution in [0, 0.1) is 17.0 Å². The molecule has 0 amide bonds. The summed E-state index contributed by atoms with van der Waals surface area (Å²) in [5.74, 6) is 0.124. The van der Waals surface area contributed by atoms with Gasteiger partial charge in [-0.1, -0.05) is 12.1 Å². The summed E-state index contributed by atoms with van der Waals surface area (Å²) in [5, 5.41) is 11.6. The van der Waals surface area contributed by atoms with E-state index in [1.54, 1.807) is 19.1 Å². The lowest BCUT2D eigenvalue weighted by molar-refractivity contribution is -0.385. The number of carbonyl (C=O) groups is 1. The van der Waals surface area contributed by atoms with E-state index in [0.29, 0.717) is 5.39 Å². The lowest BCUT2D eigenvalue weighted by atomic mass is 10.1. The Morgan fingerprint density at radius 2 is 1.96 bits per heavy atom. The maximum atomic E-state index is 11.8. The van der Waals surface area contributed by atoms with Crippen LogP contribution in [0.4, 0.5) is 10.5 Å². The van der Waals surface area contributed by atoms with Gasteiger partial charge in [-0.3, -0.25) is 10.1 Å². The lowest BCUT2D eigenvalue weighted by Crippen LogP contribution is -2.11. The van der Waals surface area contributed by atoms with Crippen LogP contribution in [0.25, 0.3) is 11.0 Å². The first-order chi connectivity index (χ1) is 12.4. The predicted molar refractivity (Wildman–Crippen MR) is 91.1 cm³/mol. The zero-order valence-electron chi connectivity index (χ0n) is 13.6. The SMILES string of the molecule is Cc1cc(=O)oc2cc(OC(=O)OCc3ccccc3[N+](=O)[O-])ccc12. The summed E-state index contributed by atoms with van der Waals surface area (Å²) >= 11 is 0. The molecule has 1 aromatic heterocycles. The Morgan fingerprint density at radius 3 is 2.73 bits per heavy atom. The Balaban J connectivity index is 1.72. The quantitative estimate of drug-likeness (QED) is 0.231. The van der Waals surface area contributed by atoms with Gasteiger partial charge in [0, 0.05) is 23.6 Å². The van der Waals surface area contributed by atoms with Gasteiger partial charge in [-0.25, -0.2) is 9.59 Å². The second-order valence-corrected chi connectivity index (χ2v) is 5.43. The third kappa shape index (κ3) is 3.69. The molecular weight excluding hydrogens is 342 g/mol.